The van der Waals surface area contributed by atoms with Crippen molar-refractivity contribution in [1.29, 1.82) is 5.26 Å². The number of hydrogen-bond donors (Lipinski definition) is 2. The summed E-state index contributed by atoms with van der Waals surface area (Å²) in [6.45, 7) is 1.87. The summed E-state index contributed by atoms with van der Waals surface area (Å²) in [6.07, 6.45) is 1.76. The summed E-state index contributed by atoms with van der Waals surface area (Å²) >= 11 is 1.26. The van der Waals surface area contributed by atoms with Crippen LogP contribution >= 0.6 is 11.8 Å². The lowest BCUT2D eigenvalue weighted by Crippen LogP contribution is -2.20. The van der Waals surface area contributed by atoms with E-state index in [0.29, 0.717) is 28.8 Å². The number of amides is 1. The lowest BCUT2D eigenvalue weighted by atomic mass is 10.1. The third-order valence-corrected chi connectivity index (χ3v) is 3.67. The molecule has 0 radical (unpaired) electrons. The predicted octanol–water partition coefficient (Wildman–Crippen LogP) is 1.29. The Morgan fingerprint density at radius 1 is 1.40 bits per heavy atom. The van der Waals surface area contributed by atoms with E-state index < -0.39 is 11.5 Å². The van der Waals surface area contributed by atoms with Crippen LogP contribution < -0.4 is 20.8 Å². The van der Waals surface area contributed by atoms with Crippen molar-refractivity contribution in [1.82, 2.24) is 9.97 Å². The van der Waals surface area contributed by atoms with Crippen LogP contribution in [-0.4, -0.2) is 35.3 Å². The van der Waals surface area contributed by atoms with Crippen molar-refractivity contribution in [2.45, 2.75) is 12.1 Å². The van der Waals surface area contributed by atoms with Crippen molar-refractivity contribution in [2.24, 2.45) is 5.73 Å². The number of nitrogens with two attached hydrogens (primary N) is 1. The molecule has 0 atom stereocenters. The molecule has 8 nitrogen and oxygen atoms in total. The minimum absolute atomic E-state index is 0.0916. The van der Waals surface area contributed by atoms with Gasteiger partial charge < -0.3 is 20.2 Å². The normalized spacial score (nSPS) is 10.1. The number of carbonyl (C=O) groups excluding carboxylic acids is 1. The summed E-state index contributed by atoms with van der Waals surface area (Å²) in [5.74, 6) is 0.0786. The molecule has 1 aromatic carbocycles. The highest BCUT2D eigenvalue weighted by atomic mass is 32.2. The quantitative estimate of drug-likeness (QED) is 0.562. The molecule has 0 fully saturated rings. The van der Waals surface area contributed by atoms with Gasteiger partial charge in [-0.05, 0) is 31.4 Å². The van der Waals surface area contributed by atoms with Crippen molar-refractivity contribution >= 4 is 17.7 Å². The fourth-order valence-corrected chi connectivity index (χ4v) is 2.43. The zero-order chi connectivity index (χ0) is 18.4. The first-order valence-corrected chi connectivity index (χ1v) is 8.49. The lowest BCUT2D eigenvalue weighted by molar-refractivity contribution is -0.119. The van der Waals surface area contributed by atoms with Gasteiger partial charge in [0.2, 0.25) is 0 Å². The number of nitrogens with zero attached hydrogens (tertiary/aromatic N) is 2. The smallest absolute Gasteiger partial charge is 0.270 e. The SMILES string of the molecule is CCOc1cc(-c2nc(SC)[nH]c(=O)c2C#N)ccc1OCC(N)=O. The standard InChI is InChI=1S/C16H16N4O4S/c1-3-23-12-6-9(4-5-11(12)24-8-13(18)21)14-10(7-17)15(22)20-16(19-14)25-2/h4-6H,3,8H2,1-2H3,(H2,18,21)(H,19,20,22). The number of H-pyrrole nitrogens is 1. The first kappa shape index (κ1) is 18.4. The number of benzene rings is 1. The minimum Gasteiger partial charge on any atom is -0.490 e. The second-order valence-corrected chi connectivity index (χ2v) is 5.56. The molecule has 0 saturated heterocycles. The molecule has 1 amide bonds. The number of aromatic nitrogens is 2. The number of primary amides is 1. The summed E-state index contributed by atoms with van der Waals surface area (Å²) < 4.78 is 10.8. The second kappa shape index (κ2) is 8.21. The molecule has 0 saturated carbocycles. The molecule has 2 rings (SSSR count). The van der Waals surface area contributed by atoms with Gasteiger partial charge in [0.15, 0.2) is 23.3 Å². The molecule has 0 aliphatic heterocycles. The summed E-state index contributed by atoms with van der Waals surface area (Å²) in [4.78, 5) is 29.8. The van der Waals surface area contributed by atoms with Crippen LogP contribution in [0, 0.1) is 11.3 Å². The lowest BCUT2D eigenvalue weighted by Gasteiger charge is -2.13. The van der Waals surface area contributed by atoms with E-state index in [2.05, 4.69) is 9.97 Å². The molecule has 2 aromatic rings. The zero-order valence-electron chi connectivity index (χ0n) is 13.7. The molecule has 130 valence electrons. The van der Waals surface area contributed by atoms with Crippen LogP contribution in [0.25, 0.3) is 11.3 Å². The summed E-state index contributed by atoms with van der Waals surface area (Å²) in [5.41, 5.74) is 5.25. The Hall–Kier alpha value is -2.99. The fourth-order valence-electron chi connectivity index (χ4n) is 2.05. The minimum atomic E-state index is -0.612. The van der Waals surface area contributed by atoms with Gasteiger partial charge >= 0.3 is 0 Å². The van der Waals surface area contributed by atoms with Gasteiger partial charge in [-0.15, -0.1) is 0 Å². The van der Waals surface area contributed by atoms with Crippen molar-refractivity contribution < 1.29 is 14.3 Å². The highest BCUT2D eigenvalue weighted by Crippen LogP contribution is 2.33. The van der Waals surface area contributed by atoms with E-state index in [1.807, 2.05) is 6.07 Å². The molecule has 1 aromatic heterocycles. The number of nitrogens with one attached hydrogen (secondary N) is 1. The highest BCUT2D eigenvalue weighted by Gasteiger charge is 2.16. The van der Waals surface area contributed by atoms with Crippen LogP contribution in [0.15, 0.2) is 28.2 Å². The molecular formula is C16H16N4O4S. The maximum atomic E-state index is 12.0. The Balaban J connectivity index is 2.55. The number of rotatable bonds is 7. The van der Waals surface area contributed by atoms with Gasteiger partial charge in [-0.3, -0.25) is 9.59 Å². The predicted molar refractivity (Wildman–Crippen MR) is 92.6 cm³/mol. The van der Waals surface area contributed by atoms with Crippen LogP contribution in [0.3, 0.4) is 0 Å². The van der Waals surface area contributed by atoms with Crippen LogP contribution in [0.5, 0.6) is 11.5 Å². The van der Waals surface area contributed by atoms with E-state index in [4.69, 9.17) is 15.2 Å². The number of ether oxygens (including phenoxy) is 2. The molecule has 25 heavy (non-hydrogen) atoms. The molecule has 0 aliphatic carbocycles. The van der Waals surface area contributed by atoms with E-state index in [9.17, 15) is 14.9 Å². The average molecular weight is 360 g/mol. The largest absolute Gasteiger partial charge is 0.490 e. The van der Waals surface area contributed by atoms with E-state index >= 15 is 0 Å². The Morgan fingerprint density at radius 3 is 2.76 bits per heavy atom. The molecule has 3 N–H and O–H groups in total. The van der Waals surface area contributed by atoms with E-state index in [0.717, 1.165) is 0 Å². The second-order valence-electron chi connectivity index (χ2n) is 4.76. The van der Waals surface area contributed by atoms with Gasteiger partial charge in [0.25, 0.3) is 11.5 Å². The van der Waals surface area contributed by atoms with Crippen LogP contribution in [-0.2, 0) is 4.79 Å². The van der Waals surface area contributed by atoms with Crippen molar-refractivity contribution in [3.8, 4) is 28.8 Å². The summed E-state index contributed by atoms with van der Waals surface area (Å²) in [6, 6.07) is 6.68. The number of carbonyl (C=O) groups is 1. The molecule has 1 heterocycles. The molecule has 9 heteroatoms. The van der Waals surface area contributed by atoms with E-state index in [1.165, 1.54) is 11.8 Å². The van der Waals surface area contributed by atoms with Gasteiger partial charge in [0.1, 0.15) is 11.6 Å². The van der Waals surface area contributed by atoms with Crippen LogP contribution in [0.2, 0.25) is 0 Å². The van der Waals surface area contributed by atoms with Gasteiger partial charge in [0.05, 0.1) is 12.3 Å². The third kappa shape index (κ3) is 4.30. The zero-order valence-corrected chi connectivity index (χ0v) is 14.5. The summed E-state index contributed by atoms with van der Waals surface area (Å²) in [5, 5.41) is 9.67. The first-order valence-electron chi connectivity index (χ1n) is 7.26. The number of hydrogen-bond acceptors (Lipinski definition) is 7. The third-order valence-electron chi connectivity index (χ3n) is 3.09. The van der Waals surface area contributed by atoms with Crippen LogP contribution in [0.1, 0.15) is 12.5 Å². The van der Waals surface area contributed by atoms with Gasteiger partial charge in [-0.25, -0.2) is 4.98 Å². The van der Waals surface area contributed by atoms with Crippen molar-refractivity contribution in [2.75, 3.05) is 19.5 Å². The summed E-state index contributed by atoms with van der Waals surface area (Å²) in [7, 11) is 0. The Labute approximate surface area is 148 Å². The Bertz CT molecular complexity index is 889. The molecular weight excluding hydrogens is 344 g/mol. The van der Waals surface area contributed by atoms with Crippen molar-refractivity contribution in [3.63, 3.8) is 0 Å². The van der Waals surface area contributed by atoms with E-state index in [-0.39, 0.29) is 17.9 Å². The first-order chi connectivity index (χ1) is 12.0. The average Bonchev–Trinajstić information content (AvgIpc) is 2.60. The Kier molecular flexibility index (Phi) is 6.03. The molecule has 0 aliphatic rings. The Morgan fingerprint density at radius 2 is 2.16 bits per heavy atom. The monoisotopic (exact) mass is 360 g/mol. The van der Waals surface area contributed by atoms with Gasteiger partial charge in [-0.1, -0.05) is 11.8 Å². The van der Waals surface area contributed by atoms with Crippen molar-refractivity contribution in [3.05, 3.63) is 34.1 Å². The van der Waals surface area contributed by atoms with Gasteiger partial charge in [0, 0.05) is 5.56 Å². The highest BCUT2D eigenvalue weighted by molar-refractivity contribution is 7.98. The maximum absolute atomic E-state index is 12.0. The molecule has 0 unspecified atom stereocenters. The van der Waals surface area contributed by atoms with Gasteiger partial charge in [-0.2, -0.15) is 5.26 Å². The number of thioether (sulfide) groups is 1. The number of nitriles is 1. The maximum Gasteiger partial charge on any atom is 0.270 e. The molecule has 0 bridgehead atoms. The fraction of sp³-hybridized carbons (Fsp3) is 0.250. The topological polar surface area (TPSA) is 131 Å². The van der Waals surface area contributed by atoms with Crippen LogP contribution in [0.4, 0.5) is 0 Å². The number of aromatic amines is 1. The molecule has 0 spiro atoms. The van der Waals surface area contributed by atoms with E-state index in [1.54, 1.807) is 31.4 Å².